The molecule has 0 saturated carbocycles. The maximum atomic E-state index is 14.0. The fourth-order valence-corrected chi connectivity index (χ4v) is 8.55. The van der Waals surface area contributed by atoms with Crippen molar-refractivity contribution in [3.05, 3.63) is 97.1 Å². The van der Waals surface area contributed by atoms with Gasteiger partial charge in [-0.3, -0.25) is 18.2 Å². The number of hydrogen-bond donors (Lipinski definition) is 0. The zero-order valence-electron chi connectivity index (χ0n) is 29.2. The van der Waals surface area contributed by atoms with Crippen LogP contribution in [0.5, 0.6) is 23.0 Å². The standard InChI is InChI=1S/C36H40N4O10S2/c1-47-27-15-17-33(49-3)31(23-27)39(51(43,44)29-11-7-5-8-12-29)25-35(41)37-19-21-38(22-20-37)36(42)26-40(52(45,46)30-13-9-6-10-14-30)32-24-28(48-2)16-18-34(32)50-4/h5-18,23-24H,19-22,25-26H2,1-4H3. The molecule has 5 rings (SSSR count). The molecule has 4 aromatic carbocycles. The lowest BCUT2D eigenvalue weighted by Crippen LogP contribution is -2.55. The van der Waals surface area contributed by atoms with Gasteiger partial charge >= 0.3 is 0 Å². The van der Waals surface area contributed by atoms with Crippen molar-refractivity contribution < 1.29 is 45.4 Å². The van der Waals surface area contributed by atoms with Crippen LogP contribution in [0.1, 0.15) is 0 Å². The summed E-state index contributed by atoms with van der Waals surface area (Å²) in [6, 6.07) is 24.8. The second-order valence-corrected chi connectivity index (χ2v) is 15.2. The first-order valence-corrected chi connectivity index (χ1v) is 19.0. The Morgan fingerprint density at radius 1 is 0.538 bits per heavy atom. The molecule has 2 amide bonds. The van der Waals surface area contributed by atoms with Crippen molar-refractivity contribution in [2.75, 3.05) is 76.3 Å². The molecule has 276 valence electrons. The highest BCUT2D eigenvalue weighted by atomic mass is 32.2. The van der Waals surface area contributed by atoms with Crippen LogP contribution in [-0.2, 0) is 29.6 Å². The number of anilines is 2. The van der Waals surface area contributed by atoms with E-state index in [9.17, 15) is 26.4 Å². The quantitative estimate of drug-likeness (QED) is 0.187. The fourth-order valence-electron chi connectivity index (χ4n) is 5.67. The van der Waals surface area contributed by atoms with Gasteiger partial charge in [0.1, 0.15) is 36.1 Å². The molecule has 1 fully saturated rings. The monoisotopic (exact) mass is 752 g/mol. The SMILES string of the molecule is COc1ccc(OC)c(N(CC(=O)N2CCN(C(=O)CN(c3cc(OC)ccc3OC)S(=O)(=O)c3ccccc3)CC2)S(=O)(=O)c2ccccc2)c1. The molecule has 0 N–H and O–H groups in total. The van der Waals surface area contributed by atoms with Gasteiger partial charge in [-0.25, -0.2) is 16.8 Å². The van der Waals surface area contributed by atoms with E-state index in [1.807, 2.05) is 0 Å². The number of carbonyl (C=O) groups is 2. The van der Waals surface area contributed by atoms with Crippen LogP contribution in [0.3, 0.4) is 0 Å². The molecular weight excluding hydrogens is 713 g/mol. The number of benzene rings is 4. The van der Waals surface area contributed by atoms with E-state index >= 15 is 0 Å². The Kier molecular flexibility index (Phi) is 11.8. The number of carbonyl (C=O) groups excluding carboxylic acids is 2. The normalized spacial score (nSPS) is 13.2. The second kappa shape index (κ2) is 16.2. The molecule has 16 heteroatoms. The predicted octanol–water partition coefficient (Wildman–Crippen LogP) is 3.48. The molecule has 0 atom stereocenters. The third-order valence-corrected chi connectivity index (χ3v) is 12.1. The van der Waals surface area contributed by atoms with Crippen LogP contribution in [0.15, 0.2) is 107 Å². The van der Waals surface area contributed by atoms with Crippen molar-refractivity contribution >= 4 is 43.2 Å². The Morgan fingerprint density at radius 3 is 1.19 bits per heavy atom. The average molecular weight is 753 g/mol. The maximum absolute atomic E-state index is 14.0. The molecule has 1 heterocycles. The third-order valence-electron chi connectivity index (χ3n) is 8.51. The van der Waals surface area contributed by atoms with Crippen molar-refractivity contribution in [2.24, 2.45) is 0 Å². The van der Waals surface area contributed by atoms with E-state index in [4.69, 9.17) is 18.9 Å². The topological polar surface area (TPSA) is 152 Å². The van der Waals surface area contributed by atoms with Gasteiger partial charge in [-0.2, -0.15) is 0 Å². The molecule has 0 spiro atoms. The molecule has 0 aliphatic carbocycles. The molecule has 14 nitrogen and oxygen atoms in total. The minimum atomic E-state index is -4.25. The summed E-state index contributed by atoms with van der Waals surface area (Å²) < 4.78 is 79.5. The van der Waals surface area contributed by atoms with Crippen LogP contribution in [0.4, 0.5) is 11.4 Å². The van der Waals surface area contributed by atoms with Gasteiger partial charge < -0.3 is 28.7 Å². The molecule has 4 aromatic rings. The summed E-state index contributed by atoms with van der Waals surface area (Å²) in [5.74, 6) is 0.131. The summed E-state index contributed by atoms with van der Waals surface area (Å²) in [4.78, 5) is 30.5. The highest BCUT2D eigenvalue weighted by Gasteiger charge is 2.35. The Labute approximate surface area is 303 Å². The van der Waals surface area contributed by atoms with Gasteiger partial charge in [-0.15, -0.1) is 0 Å². The van der Waals surface area contributed by atoms with Crippen molar-refractivity contribution in [1.29, 1.82) is 0 Å². The zero-order valence-corrected chi connectivity index (χ0v) is 30.8. The molecule has 0 radical (unpaired) electrons. The lowest BCUT2D eigenvalue weighted by molar-refractivity contribution is -0.137. The number of nitrogens with zero attached hydrogens (tertiary/aromatic N) is 4. The number of hydrogen-bond acceptors (Lipinski definition) is 10. The Morgan fingerprint density at radius 2 is 0.885 bits per heavy atom. The summed E-state index contributed by atoms with van der Waals surface area (Å²) >= 11 is 0. The predicted molar refractivity (Wildman–Crippen MR) is 194 cm³/mol. The molecule has 0 bridgehead atoms. The molecular formula is C36H40N4O10S2. The highest BCUT2D eigenvalue weighted by Crippen LogP contribution is 2.37. The lowest BCUT2D eigenvalue weighted by atomic mass is 10.2. The lowest BCUT2D eigenvalue weighted by Gasteiger charge is -2.37. The summed E-state index contributed by atoms with van der Waals surface area (Å²) in [6.45, 7) is -0.819. The molecule has 1 aliphatic heterocycles. The summed E-state index contributed by atoms with van der Waals surface area (Å²) in [7, 11) is -2.83. The van der Waals surface area contributed by atoms with Gasteiger partial charge in [0.25, 0.3) is 20.0 Å². The molecule has 1 saturated heterocycles. The summed E-state index contributed by atoms with van der Waals surface area (Å²) in [6.07, 6.45) is 0. The molecule has 52 heavy (non-hydrogen) atoms. The number of rotatable bonds is 14. The average Bonchev–Trinajstić information content (AvgIpc) is 3.18. The summed E-state index contributed by atoms with van der Waals surface area (Å²) in [5, 5.41) is 0. The van der Waals surface area contributed by atoms with Crippen LogP contribution >= 0.6 is 0 Å². The Balaban J connectivity index is 1.37. The van der Waals surface area contributed by atoms with Crippen molar-refractivity contribution in [2.45, 2.75) is 9.79 Å². The zero-order chi connectivity index (χ0) is 37.5. The molecule has 0 unspecified atom stereocenters. The van der Waals surface area contributed by atoms with Gasteiger partial charge in [0.2, 0.25) is 11.8 Å². The minimum Gasteiger partial charge on any atom is -0.497 e. The van der Waals surface area contributed by atoms with Gasteiger partial charge in [-0.1, -0.05) is 36.4 Å². The van der Waals surface area contributed by atoms with Crippen LogP contribution in [-0.4, -0.2) is 106 Å². The molecule has 0 aromatic heterocycles. The largest absolute Gasteiger partial charge is 0.497 e. The van der Waals surface area contributed by atoms with Crippen LogP contribution in [0.2, 0.25) is 0 Å². The van der Waals surface area contributed by atoms with Crippen molar-refractivity contribution in [3.8, 4) is 23.0 Å². The number of ether oxygens (including phenoxy) is 4. The number of piperazine rings is 1. The van der Waals surface area contributed by atoms with E-state index in [0.29, 0.717) is 11.5 Å². The first-order valence-electron chi connectivity index (χ1n) is 16.1. The summed E-state index contributed by atoms with van der Waals surface area (Å²) in [5.41, 5.74) is 0.223. The van der Waals surface area contributed by atoms with E-state index in [-0.39, 0.29) is 58.8 Å². The first kappa shape index (κ1) is 37.8. The van der Waals surface area contributed by atoms with E-state index in [0.717, 1.165) is 8.61 Å². The van der Waals surface area contributed by atoms with Gasteiger partial charge in [0, 0.05) is 38.3 Å². The smallest absolute Gasteiger partial charge is 0.264 e. The van der Waals surface area contributed by atoms with Gasteiger partial charge in [0.15, 0.2) is 0 Å². The Bertz CT molecular complexity index is 1940. The number of amides is 2. The van der Waals surface area contributed by atoms with Crippen LogP contribution in [0.25, 0.3) is 0 Å². The minimum absolute atomic E-state index is 0.0224. The fraction of sp³-hybridized carbons (Fsp3) is 0.278. The number of methoxy groups -OCH3 is 4. The van der Waals surface area contributed by atoms with E-state index in [2.05, 4.69) is 0 Å². The van der Waals surface area contributed by atoms with Crippen LogP contribution < -0.4 is 27.6 Å². The van der Waals surface area contributed by atoms with E-state index in [1.54, 1.807) is 60.7 Å². The van der Waals surface area contributed by atoms with E-state index in [1.165, 1.54) is 74.6 Å². The molecule has 1 aliphatic rings. The maximum Gasteiger partial charge on any atom is 0.264 e. The van der Waals surface area contributed by atoms with E-state index < -0.39 is 45.0 Å². The van der Waals surface area contributed by atoms with Crippen LogP contribution in [0, 0.1) is 0 Å². The third kappa shape index (κ3) is 8.02. The van der Waals surface area contributed by atoms with Gasteiger partial charge in [-0.05, 0) is 48.5 Å². The number of sulfonamides is 2. The van der Waals surface area contributed by atoms with Crippen molar-refractivity contribution in [1.82, 2.24) is 9.80 Å². The van der Waals surface area contributed by atoms with Gasteiger partial charge in [0.05, 0.1) is 49.6 Å². The highest BCUT2D eigenvalue weighted by molar-refractivity contribution is 7.93. The van der Waals surface area contributed by atoms with Crippen molar-refractivity contribution in [3.63, 3.8) is 0 Å². The first-order chi connectivity index (χ1) is 24.9. The Hall–Kier alpha value is -5.48. The second-order valence-electron chi connectivity index (χ2n) is 11.5.